The van der Waals surface area contributed by atoms with E-state index in [2.05, 4.69) is 95.1 Å². The number of amides is 17. The minimum absolute atomic E-state index is 0.00173. The maximum atomic E-state index is 14.4. The number of aliphatic imine (C=N–C) groups is 2. The van der Waals surface area contributed by atoms with Crippen LogP contribution < -0.4 is 131 Å². The maximum Gasteiger partial charge on any atom is 0.322 e. The van der Waals surface area contributed by atoms with Crippen molar-refractivity contribution in [1.29, 1.82) is 0 Å². The van der Waals surface area contributed by atoms with Crippen LogP contribution >= 0.6 is 0 Å². The molecular weight excluding hydrogens is 1580 g/mol. The van der Waals surface area contributed by atoms with Crippen LogP contribution in [0.2, 0.25) is 0 Å². The van der Waals surface area contributed by atoms with E-state index in [4.69, 9.17) is 51.0 Å². The molecule has 2 aliphatic heterocycles. The van der Waals surface area contributed by atoms with E-state index >= 15 is 0 Å². The molecule has 0 aromatic heterocycles. The zero-order valence-corrected chi connectivity index (χ0v) is 68.8. The highest BCUT2D eigenvalue weighted by molar-refractivity contribution is 6.01. The molecule has 2 fully saturated rings. The Kier molecular flexibility index (Phi) is 50.5. The number of rotatable bonds is 48. The molecule has 0 unspecified atom stereocenters. The lowest BCUT2D eigenvalue weighted by Gasteiger charge is -2.30. The van der Waals surface area contributed by atoms with Gasteiger partial charge in [-0.2, -0.15) is 0 Å². The number of carbonyl (C=O) groups is 18. The maximum absolute atomic E-state index is 14.4. The highest BCUT2D eigenvalue weighted by Crippen LogP contribution is 2.21. The molecule has 48 heteroatoms. The summed E-state index contributed by atoms with van der Waals surface area (Å²) in [5, 5.41) is 68.9. The quantitative estimate of drug-likeness (QED) is 0.0153. The van der Waals surface area contributed by atoms with Gasteiger partial charge in [0.15, 0.2) is 11.9 Å². The van der Waals surface area contributed by atoms with Crippen LogP contribution in [-0.2, 0) is 86.3 Å². The Bertz CT molecular complexity index is 3480. The van der Waals surface area contributed by atoms with Crippen molar-refractivity contribution < 1.29 is 102 Å². The number of aliphatic hydroxyl groups is 2. The van der Waals surface area contributed by atoms with E-state index in [1.165, 1.54) is 4.90 Å². The number of guanidine groups is 2. The van der Waals surface area contributed by atoms with Gasteiger partial charge in [0.1, 0.15) is 79.0 Å². The van der Waals surface area contributed by atoms with Crippen LogP contribution in [0.4, 0.5) is 0 Å². The van der Waals surface area contributed by atoms with Crippen LogP contribution in [-0.4, -0.2) is 303 Å². The molecule has 2 heterocycles. The molecule has 0 saturated carbocycles. The fourth-order valence-electron chi connectivity index (χ4n) is 12.4. The van der Waals surface area contributed by atoms with Gasteiger partial charge in [-0.25, -0.2) is 0 Å². The lowest BCUT2D eigenvalue weighted by molar-refractivity contribution is -0.142. The van der Waals surface area contributed by atoms with Gasteiger partial charge in [0.2, 0.25) is 100 Å². The topological polar surface area (TPSA) is 797 Å². The molecule has 0 aromatic rings. The Morgan fingerprint density at radius 1 is 0.467 bits per heavy atom. The van der Waals surface area contributed by atoms with E-state index in [9.17, 15) is 96.5 Å². The van der Waals surface area contributed by atoms with Gasteiger partial charge in [0, 0.05) is 19.6 Å². The fraction of sp³-hybridized carbons (Fsp3) is 0.722. The average molecular weight is 1710 g/mol. The molecular formula is C72H129N27O21. The van der Waals surface area contributed by atoms with E-state index in [0.29, 0.717) is 32.1 Å². The smallest absolute Gasteiger partial charge is 0.322 e. The summed E-state index contributed by atoms with van der Waals surface area (Å²) in [6, 6.07) is -17.9. The fourth-order valence-corrected chi connectivity index (χ4v) is 12.4. The third-order valence-electron chi connectivity index (χ3n) is 19.2. The third-order valence-corrected chi connectivity index (χ3v) is 19.2. The summed E-state index contributed by atoms with van der Waals surface area (Å²) >= 11 is 0. The summed E-state index contributed by atoms with van der Waals surface area (Å²) in [5.74, 6) is -19.8. The van der Waals surface area contributed by atoms with Gasteiger partial charge in [-0.3, -0.25) is 96.3 Å². The molecule has 0 aliphatic carbocycles. The number of carbonyl (C=O) groups excluding carboxylic acids is 17. The summed E-state index contributed by atoms with van der Waals surface area (Å²) in [4.78, 5) is 256. The number of hydrogen-bond donors (Lipinski definition) is 27. The molecule has 0 bridgehead atoms. The van der Waals surface area contributed by atoms with Crippen LogP contribution in [0.25, 0.3) is 0 Å². The van der Waals surface area contributed by atoms with Crippen molar-refractivity contribution in [2.75, 3.05) is 91.8 Å². The number of carboxylic acid groups (broad SMARTS) is 1. The Morgan fingerprint density at radius 2 is 0.875 bits per heavy atom. The molecule has 2 rings (SSSR count). The Balaban J connectivity index is 2.49. The van der Waals surface area contributed by atoms with E-state index < -0.39 is 243 Å². The molecule has 0 aromatic carbocycles. The van der Waals surface area contributed by atoms with Crippen molar-refractivity contribution in [3.63, 3.8) is 0 Å². The molecule has 48 nitrogen and oxygen atoms in total. The molecule has 120 heavy (non-hydrogen) atoms. The number of nitrogens with two attached hydrogens (primary N) is 8. The van der Waals surface area contributed by atoms with Crippen molar-refractivity contribution in [1.82, 2.24) is 90.0 Å². The average Bonchev–Trinajstić information content (AvgIpc) is 1.63. The monoisotopic (exact) mass is 1710 g/mol. The lowest BCUT2D eigenvalue weighted by atomic mass is 9.97. The van der Waals surface area contributed by atoms with Crippen LogP contribution in [0.1, 0.15) is 156 Å². The van der Waals surface area contributed by atoms with Gasteiger partial charge in [0.25, 0.3) is 0 Å². The summed E-state index contributed by atoms with van der Waals surface area (Å²) in [6.45, 7) is 0.827. The van der Waals surface area contributed by atoms with E-state index in [1.54, 1.807) is 27.7 Å². The van der Waals surface area contributed by atoms with Crippen LogP contribution in [0.15, 0.2) is 9.98 Å². The Labute approximate surface area is 695 Å². The molecule has 35 N–H and O–H groups in total. The number of nitrogens with zero attached hydrogens (tertiary/aromatic N) is 3. The number of aliphatic carboxylic acids is 1. The van der Waals surface area contributed by atoms with Crippen LogP contribution in [0, 0.1) is 11.8 Å². The van der Waals surface area contributed by atoms with Gasteiger partial charge in [-0.1, -0.05) is 34.1 Å². The molecule has 678 valence electrons. The zero-order valence-electron chi connectivity index (χ0n) is 68.8. The predicted molar refractivity (Wildman–Crippen MR) is 433 cm³/mol. The first-order valence-electron chi connectivity index (χ1n) is 40.3. The first-order chi connectivity index (χ1) is 57.0. The number of aliphatic hydroxyl groups excluding tert-OH is 2. The van der Waals surface area contributed by atoms with Crippen LogP contribution in [0.3, 0.4) is 0 Å². The predicted octanol–water partition coefficient (Wildman–Crippen LogP) is -12.3. The summed E-state index contributed by atoms with van der Waals surface area (Å²) < 4.78 is 0. The number of unbranched alkanes of at least 4 members (excludes halogenated alkanes) is 4. The van der Waals surface area contributed by atoms with Crippen LogP contribution in [0.5, 0.6) is 0 Å². The van der Waals surface area contributed by atoms with Gasteiger partial charge >= 0.3 is 5.97 Å². The summed E-state index contributed by atoms with van der Waals surface area (Å²) in [6.07, 6.45) is 1.80. The van der Waals surface area contributed by atoms with Crippen molar-refractivity contribution in [3.8, 4) is 0 Å². The SMILES string of the molecule is CC[C@H](C)[C@H](NC(=O)CNC(=O)[C@@H]1CC(=O)N[C@@H](CO)C(=O)N[C@@H](CCCCN)C(=O)N[C@@H](CCCCN)C(=O)N[C@@H](CO)C(=O)N[C@@H](CCCCN)C(=O)N2CCC[C@H]2C(=O)NCC(=O)N1)C(=O)N[C@@H](CCCN=C(N)N)C(=O)NCC(=O)N[C@@H](CCCCN)C(=O)NCC(=O)N[C@H](C(=O)N[C@@H](CCCN=C(N)N)C(=O)NCC(=O)O)C(C)C. The number of carboxylic acids is 1. The van der Waals surface area contributed by atoms with Gasteiger partial charge in [-0.15, -0.1) is 0 Å². The second-order valence-electron chi connectivity index (χ2n) is 29.2. The molecule has 13 atom stereocenters. The molecule has 0 spiro atoms. The lowest BCUT2D eigenvalue weighted by Crippen LogP contribution is -2.60. The zero-order chi connectivity index (χ0) is 90.0. The highest BCUT2D eigenvalue weighted by atomic mass is 16.4. The second kappa shape index (κ2) is 57.8. The largest absolute Gasteiger partial charge is 0.480 e. The molecule has 17 amide bonds. The normalized spacial score (nSPS) is 19.9. The van der Waals surface area contributed by atoms with E-state index in [1.807, 2.05) is 0 Å². The minimum atomic E-state index is -1.97. The standard InChI is InChI=1S/C72H129N27O21/c1-5-40(4)58(69(119)94-42(21-14-28-81-71(77)78)60(110)83-32-52(103)88-41(17-6-10-24-73)59(109)84-34-54(105)97-57(39(2)3)68(118)93-43(22-15-29-82-72(79)80)61(111)87-36-56(107)108)98-55(106)35-85-62(112)47-31-51(102)90-48(37-100)65(115)92-44(18-7-11-25-74)63(113)91-45(19-8-12-26-75)64(114)96-49(38-101)66(116)95-46(20-9-13-27-76)70(120)99-30-16-23-50(99)67(117)86-33-53(104)89-47/h39-50,57-58,100-101H,5-38,73-76H2,1-4H3,(H,83,110)(H,84,109)(H,85,112)(H,86,117)(H,87,111)(H,88,103)(H,89,104)(H,90,102)(H,91,113)(H,92,115)(H,93,118)(H,94,119)(H,95,116)(H,96,114)(H,97,105)(H,98,106)(H,107,108)(H4,77,78,81)(H4,79,80,82)/t40-,41-,42-,43-,44-,45-,46-,47-,48-,49-,50-,57-,58-/m0/s1. The number of fused-ring (bicyclic) bond motifs is 1. The third kappa shape index (κ3) is 40.5. The number of hydrogen-bond acceptors (Lipinski definition) is 26. The van der Waals surface area contributed by atoms with Crippen molar-refractivity contribution in [2.24, 2.45) is 67.7 Å². The Hall–Kier alpha value is -11.2. The minimum Gasteiger partial charge on any atom is -0.480 e. The van der Waals surface area contributed by atoms with Crippen molar-refractivity contribution in [2.45, 2.75) is 229 Å². The van der Waals surface area contributed by atoms with Crippen molar-refractivity contribution >= 4 is 118 Å². The summed E-state index contributed by atoms with van der Waals surface area (Å²) in [7, 11) is 0. The second-order valence-corrected chi connectivity index (χ2v) is 29.2. The van der Waals surface area contributed by atoms with Gasteiger partial charge < -0.3 is 151 Å². The Morgan fingerprint density at radius 3 is 1.34 bits per heavy atom. The molecule has 0 radical (unpaired) electrons. The van der Waals surface area contributed by atoms with E-state index in [-0.39, 0.29) is 148 Å². The molecule has 2 saturated heterocycles. The van der Waals surface area contributed by atoms with Gasteiger partial charge in [-0.05, 0) is 154 Å². The number of nitrogens with one attached hydrogen (secondary N) is 16. The van der Waals surface area contributed by atoms with E-state index in [0.717, 1.165) is 0 Å². The first-order valence-corrected chi connectivity index (χ1v) is 40.3. The van der Waals surface area contributed by atoms with Crippen molar-refractivity contribution in [3.05, 3.63) is 0 Å². The highest BCUT2D eigenvalue weighted by Gasteiger charge is 2.41. The molecule has 2 aliphatic rings. The summed E-state index contributed by atoms with van der Waals surface area (Å²) in [5.41, 5.74) is 44.8. The van der Waals surface area contributed by atoms with Gasteiger partial charge in [0.05, 0.1) is 45.8 Å². The first kappa shape index (κ1) is 105.